The summed E-state index contributed by atoms with van der Waals surface area (Å²) >= 11 is 2.98. The van der Waals surface area contributed by atoms with Crippen LogP contribution in [0.15, 0.2) is 98.7 Å². The SMILES string of the molecule is CSc1ccc([C@@H]2C(C(=O)OC(C)C)=C(C)N=c3s/c(=C\c4c(-c5ccccc5)[nH]c5c(C)cccc45)c(=O)n32)cc1. The summed E-state index contributed by atoms with van der Waals surface area (Å²) in [4.78, 5) is 37.7. The van der Waals surface area contributed by atoms with E-state index in [0.29, 0.717) is 20.6 Å². The van der Waals surface area contributed by atoms with Gasteiger partial charge in [-0.3, -0.25) is 9.36 Å². The lowest BCUT2D eigenvalue weighted by molar-refractivity contribution is -0.143. The van der Waals surface area contributed by atoms with Gasteiger partial charge in [0.15, 0.2) is 4.80 Å². The molecule has 0 saturated carbocycles. The minimum absolute atomic E-state index is 0.193. The van der Waals surface area contributed by atoms with E-state index < -0.39 is 12.0 Å². The zero-order valence-corrected chi connectivity index (χ0v) is 25.7. The zero-order valence-electron chi connectivity index (χ0n) is 24.1. The Hall–Kier alpha value is -4.14. The van der Waals surface area contributed by atoms with Gasteiger partial charge in [0.05, 0.1) is 33.6 Å². The molecule has 8 heteroatoms. The fourth-order valence-corrected chi connectivity index (χ4v) is 6.90. The highest BCUT2D eigenvalue weighted by Crippen LogP contribution is 2.34. The van der Waals surface area contributed by atoms with Crippen molar-refractivity contribution in [3.05, 3.63) is 120 Å². The van der Waals surface area contributed by atoms with Crippen molar-refractivity contribution in [2.45, 2.75) is 44.7 Å². The van der Waals surface area contributed by atoms with Gasteiger partial charge in [-0.1, -0.05) is 72.0 Å². The van der Waals surface area contributed by atoms with Crippen molar-refractivity contribution in [1.29, 1.82) is 0 Å². The van der Waals surface area contributed by atoms with E-state index in [1.165, 1.54) is 11.3 Å². The van der Waals surface area contributed by atoms with E-state index >= 15 is 0 Å². The molecule has 1 aliphatic rings. The normalized spacial score (nSPS) is 15.3. The molecule has 3 heterocycles. The van der Waals surface area contributed by atoms with Gasteiger partial charge in [-0.05, 0) is 68.8 Å². The minimum atomic E-state index is -0.649. The molecule has 2 aromatic heterocycles. The molecule has 0 spiro atoms. The van der Waals surface area contributed by atoms with E-state index in [-0.39, 0.29) is 11.7 Å². The van der Waals surface area contributed by atoms with Gasteiger partial charge in [0.2, 0.25) is 0 Å². The lowest BCUT2D eigenvalue weighted by atomic mass is 9.96. The van der Waals surface area contributed by atoms with Crippen molar-refractivity contribution in [2.75, 3.05) is 6.26 Å². The van der Waals surface area contributed by atoms with E-state index in [4.69, 9.17) is 9.73 Å². The number of nitrogens with zero attached hydrogens (tertiary/aromatic N) is 2. The predicted molar refractivity (Wildman–Crippen MR) is 172 cm³/mol. The highest BCUT2D eigenvalue weighted by Gasteiger charge is 2.34. The molecule has 0 aliphatic carbocycles. The van der Waals surface area contributed by atoms with Crippen LogP contribution in [-0.4, -0.2) is 27.9 Å². The first-order chi connectivity index (χ1) is 20.3. The molecule has 0 saturated heterocycles. The number of thioether (sulfide) groups is 1. The van der Waals surface area contributed by atoms with Crippen LogP contribution in [0.5, 0.6) is 0 Å². The highest BCUT2D eigenvalue weighted by molar-refractivity contribution is 7.98. The van der Waals surface area contributed by atoms with Crippen LogP contribution in [0.1, 0.15) is 43.5 Å². The number of para-hydroxylation sites is 1. The van der Waals surface area contributed by atoms with Gasteiger partial charge in [0.1, 0.15) is 0 Å². The first-order valence-electron chi connectivity index (χ1n) is 13.8. The lowest BCUT2D eigenvalue weighted by Crippen LogP contribution is -2.40. The van der Waals surface area contributed by atoms with E-state index in [1.54, 1.807) is 16.3 Å². The molecule has 0 fully saturated rings. The largest absolute Gasteiger partial charge is 0.459 e. The number of aryl methyl sites for hydroxylation is 1. The molecule has 1 atom stereocenters. The zero-order chi connectivity index (χ0) is 29.5. The summed E-state index contributed by atoms with van der Waals surface area (Å²) in [6.45, 7) is 7.53. The van der Waals surface area contributed by atoms with E-state index in [9.17, 15) is 9.59 Å². The summed E-state index contributed by atoms with van der Waals surface area (Å²) in [6.07, 6.45) is 3.68. The first kappa shape index (κ1) is 28.0. The molecule has 0 bridgehead atoms. The standard InChI is InChI=1S/C34H31N3O3S2/c1-19(2)40-33(39)28-21(4)35-34-37(31(28)23-14-16-24(41-5)17-15-23)32(38)27(42-34)18-26-25-13-9-10-20(3)29(25)36-30(26)22-11-7-6-8-12-22/h6-19,31,36H,1-5H3/b27-18-/t31-/m1/s1. The number of carbonyl (C=O) groups is 1. The molecule has 1 aliphatic heterocycles. The van der Waals surface area contributed by atoms with E-state index in [2.05, 4.69) is 36.2 Å². The number of fused-ring (bicyclic) bond motifs is 2. The Morgan fingerprint density at radius 1 is 1.05 bits per heavy atom. The molecule has 0 amide bonds. The third-order valence-corrected chi connectivity index (χ3v) is 9.16. The quantitative estimate of drug-likeness (QED) is 0.184. The van der Waals surface area contributed by atoms with Gasteiger partial charge < -0.3 is 9.72 Å². The van der Waals surface area contributed by atoms with Crippen molar-refractivity contribution in [1.82, 2.24) is 9.55 Å². The number of carbonyl (C=O) groups excluding carboxylic acids is 1. The van der Waals surface area contributed by atoms with Crippen LogP contribution < -0.4 is 14.9 Å². The predicted octanol–water partition coefficient (Wildman–Crippen LogP) is 6.37. The summed E-state index contributed by atoms with van der Waals surface area (Å²) in [5.41, 5.74) is 6.67. The number of hydrogen-bond acceptors (Lipinski definition) is 6. The molecule has 5 aromatic rings. The maximum absolute atomic E-state index is 14.3. The highest BCUT2D eigenvalue weighted by atomic mass is 32.2. The summed E-state index contributed by atoms with van der Waals surface area (Å²) < 4.78 is 7.84. The van der Waals surface area contributed by atoms with Crippen LogP contribution in [0, 0.1) is 6.92 Å². The number of thiazole rings is 1. The van der Waals surface area contributed by atoms with Crippen molar-refractivity contribution in [3.63, 3.8) is 0 Å². The molecular formula is C34H31N3O3S2. The number of benzene rings is 3. The summed E-state index contributed by atoms with van der Waals surface area (Å²) in [6, 6.07) is 23.7. The second-order valence-corrected chi connectivity index (χ2v) is 12.5. The molecule has 42 heavy (non-hydrogen) atoms. The summed E-state index contributed by atoms with van der Waals surface area (Å²) in [5, 5.41) is 1.04. The first-order valence-corrected chi connectivity index (χ1v) is 15.8. The van der Waals surface area contributed by atoms with Crippen molar-refractivity contribution < 1.29 is 9.53 Å². The Kier molecular flexibility index (Phi) is 7.51. The molecule has 212 valence electrons. The Bertz CT molecular complexity index is 2030. The second-order valence-electron chi connectivity index (χ2n) is 10.6. The molecule has 1 N–H and O–H groups in total. The smallest absolute Gasteiger partial charge is 0.338 e. The lowest BCUT2D eigenvalue weighted by Gasteiger charge is -2.25. The van der Waals surface area contributed by atoms with Gasteiger partial charge in [-0.2, -0.15) is 0 Å². The summed E-state index contributed by atoms with van der Waals surface area (Å²) in [5.74, 6) is -0.460. The average molecular weight is 594 g/mol. The van der Waals surface area contributed by atoms with Gasteiger partial charge in [0, 0.05) is 21.4 Å². The van der Waals surface area contributed by atoms with Gasteiger partial charge in [-0.15, -0.1) is 11.8 Å². The van der Waals surface area contributed by atoms with Crippen molar-refractivity contribution in [2.24, 2.45) is 4.99 Å². The third kappa shape index (κ3) is 4.95. The molecule has 0 radical (unpaired) electrons. The van der Waals surface area contributed by atoms with Crippen LogP contribution >= 0.6 is 23.1 Å². The van der Waals surface area contributed by atoms with Crippen LogP contribution in [0.4, 0.5) is 0 Å². The molecular weight excluding hydrogens is 563 g/mol. The summed E-state index contributed by atoms with van der Waals surface area (Å²) in [7, 11) is 0. The van der Waals surface area contributed by atoms with Crippen LogP contribution in [0.25, 0.3) is 28.2 Å². The third-order valence-electron chi connectivity index (χ3n) is 7.44. The number of allylic oxidation sites excluding steroid dienone is 1. The van der Waals surface area contributed by atoms with Gasteiger partial charge >= 0.3 is 5.97 Å². The van der Waals surface area contributed by atoms with Crippen LogP contribution in [-0.2, 0) is 9.53 Å². The number of rotatable bonds is 6. The maximum Gasteiger partial charge on any atom is 0.338 e. The Balaban J connectivity index is 1.60. The molecule has 6 nitrogen and oxygen atoms in total. The average Bonchev–Trinajstić information content (AvgIpc) is 3.50. The number of ether oxygens (including phenoxy) is 1. The number of nitrogens with one attached hydrogen (secondary N) is 1. The fraction of sp³-hybridized carbons (Fsp3) is 0.206. The number of aromatic nitrogens is 2. The van der Waals surface area contributed by atoms with E-state index in [0.717, 1.165) is 43.7 Å². The Morgan fingerprint density at radius 3 is 2.48 bits per heavy atom. The number of aromatic amines is 1. The van der Waals surface area contributed by atoms with Gasteiger partial charge in [-0.25, -0.2) is 9.79 Å². The van der Waals surface area contributed by atoms with Crippen LogP contribution in [0.2, 0.25) is 0 Å². The molecule has 0 unspecified atom stereocenters. The van der Waals surface area contributed by atoms with Crippen molar-refractivity contribution in [3.8, 4) is 11.3 Å². The van der Waals surface area contributed by atoms with Gasteiger partial charge in [0.25, 0.3) is 5.56 Å². The molecule has 3 aromatic carbocycles. The Morgan fingerprint density at radius 2 is 1.79 bits per heavy atom. The second kappa shape index (κ2) is 11.3. The van der Waals surface area contributed by atoms with Crippen molar-refractivity contribution >= 4 is 46.0 Å². The fourth-order valence-electron chi connectivity index (χ4n) is 5.46. The minimum Gasteiger partial charge on any atom is -0.459 e. The number of esters is 1. The Labute approximate surface area is 252 Å². The number of H-pyrrole nitrogens is 1. The maximum atomic E-state index is 14.3. The van der Waals surface area contributed by atoms with Crippen LogP contribution in [0.3, 0.4) is 0 Å². The monoisotopic (exact) mass is 593 g/mol. The molecule has 6 rings (SSSR count). The van der Waals surface area contributed by atoms with E-state index in [1.807, 2.05) is 81.6 Å². The number of hydrogen-bond donors (Lipinski definition) is 1. The topological polar surface area (TPSA) is 76.4 Å².